The normalized spacial score (nSPS) is 11.4. The third-order valence-electron chi connectivity index (χ3n) is 3.85. The molecule has 0 aromatic heterocycles. The van der Waals surface area contributed by atoms with E-state index in [4.69, 9.17) is 0 Å². The Morgan fingerprint density at radius 1 is 0.379 bits per heavy atom. The van der Waals surface area contributed by atoms with Crippen LogP contribution in [0.5, 0.6) is 0 Å². The zero-order chi connectivity index (χ0) is 23.7. The monoisotopic (exact) mass is 532 g/mol. The Morgan fingerprint density at radius 3 is 0.448 bits per heavy atom. The minimum absolute atomic E-state index is 0. The summed E-state index contributed by atoms with van der Waals surface area (Å²) in [6.45, 7) is 13.3. The van der Waals surface area contributed by atoms with E-state index in [0.29, 0.717) is 49.3 Å². The van der Waals surface area contributed by atoms with E-state index in [1.165, 1.54) is 0 Å². The van der Waals surface area contributed by atoms with Crippen LogP contribution in [0.25, 0.3) is 0 Å². The summed E-state index contributed by atoms with van der Waals surface area (Å²) < 4.78 is 41.6. The summed E-state index contributed by atoms with van der Waals surface area (Å²) in [5, 5.41) is 0. The molecular formula is C16H40O8P4Ti. The Morgan fingerprint density at radius 2 is 0.448 bits per heavy atom. The zero-order valence-corrected chi connectivity index (χ0v) is 24.4. The summed E-state index contributed by atoms with van der Waals surface area (Å²) in [5.41, 5.74) is 0. The second-order valence-corrected chi connectivity index (χ2v) is 17.4. The molecule has 29 heavy (non-hydrogen) atoms. The van der Waals surface area contributed by atoms with Crippen LogP contribution < -0.4 is 19.6 Å². The molecule has 0 amide bonds. The van der Waals surface area contributed by atoms with Crippen LogP contribution in [-0.4, -0.2) is 49.3 Å². The van der Waals surface area contributed by atoms with E-state index in [1.54, 1.807) is 55.4 Å². The molecule has 0 rings (SSSR count). The molecular weight excluding hydrogens is 492 g/mol. The van der Waals surface area contributed by atoms with Gasteiger partial charge in [-0.05, 0) is 49.3 Å². The Hall–Kier alpha value is 1.47. The van der Waals surface area contributed by atoms with E-state index in [-0.39, 0.29) is 21.7 Å². The smallest absolute Gasteiger partial charge is 0.799 e. The third-order valence-corrected chi connectivity index (χ3v) is 11.6. The second-order valence-electron chi connectivity index (χ2n) is 5.79. The van der Waals surface area contributed by atoms with Gasteiger partial charge in [0.1, 0.15) is 0 Å². The predicted octanol–water partition coefficient (Wildman–Crippen LogP) is 2.66. The maximum atomic E-state index is 10.4. The fourth-order valence-electron chi connectivity index (χ4n) is 0.894. The van der Waals surface area contributed by atoms with Gasteiger partial charge in [-0.2, -0.15) is 0 Å². The third kappa shape index (κ3) is 34.3. The molecule has 0 aliphatic carbocycles. The molecule has 0 saturated carbocycles. The van der Waals surface area contributed by atoms with Crippen molar-refractivity contribution in [1.29, 1.82) is 0 Å². The van der Waals surface area contributed by atoms with Gasteiger partial charge in [0.15, 0.2) is 0 Å². The maximum absolute atomic E-state index is 10.4. The number of rotatable bonds is 8. The SMILES string of the molecule is CCP(=O)([O-])CC.CCP(=O)([O-])CC.CCP(=O)([O-])CC.CCP(=O)([O-])CC.[Ti+4]. The van der Waals surface area contributed by atoms with Crippen molar-refractivity contribution in [2.24, 2.45) is 0 Å². The Bertz CT molecular complexity index is 429. The van der Waals surface area contributed by atoms with Gasteiger partial charge in [0, 0.05) is 29.5 Å². The van der Waals surface area contributed by atoms with Crippen LogP contribution in [0.2, 0.25) is 0 Å². The van der Waals surface area contributed by atoms with Crippen molar-refractivity contribution >= 4 is 29.5 Å². The fourth-order valence-corrected chi connectivity index (χ4v) is 2.68. The largest absolute Gasteiger partial charge is 4.00 e. The molecule has 0 saturated heterocycles. The molecule has 0 atom stereocenters. The predicted molar refractivity (Wildman–Crippen MR) is 115 cm³/mol. The van der Waals surface area contributed by atoms with E-state index >= 15 is 0 Å². The maximum Gasteiger partial charge on any atom is 4.00 e. The molecule has 0 fully saturated rings. The molecule has 0 unspecified atom stereocenters. The van der Waals surface area contributed by atoms with Crippen LogP contribution >= 0.6 is 29.5 Å². The summed E-state index contributed by atoms with van der Waals surface area (Å²) in [6.07, 6.45) is 2.36. The quantitative estimate of drug-likeness (QED) is 0.341. The Balaban J connectivity index is -0.0000000873. The summed E-state index contributed by atoms with van der Waals surface area (Å²) >= 11 is 0. The molecule has 0 N–H and O–H groups in total. The van der Waals surface area contributed by atoms with Crippen LogP contribution in [0.3, 0.4) is 0 Å². The van der Waals surface area contributed by atoms with Gasteiger partial charge in [0.05, 0.1) is 0 Å². The minimum atomic E-state index is -2.90. The van der Waals surface area contributed by atoms with E-state index in [1.807, 2.05) is 0 Å². The summed E-state index contributed by atoms with van der Waals surface area (Å²) in [6, 6.07) is 0. The van der Waals surface area contributed by atoms with Gasteiger partial charge in [-0.3, -0.25) is 0 Å². The second kappa shape index (κ2) is 21.3. The molecule has 0 bridgehead atoms. The van der Waals surface area contributed by atoms with Gasteiger partial charge in [0.25, 0.3) is 0 Å². The van der Waals surface area contributed by atoms with E-state index in [0.717, 1.165) is 0 Å². The average molecular weight is 532 g/mol. The fraction of sp³-hybridized carbons (Fsp3) is 1.00. The molecule has 0 aliphatic heterocycles. The van der Waals surface area contributed by atoms with Crippen LogP contribution in [-0.2, 0) is 40.0 Å². The minimum Gasteiger partial charge on any atom is -0.799 e. The van der Waals surface area contributed by atoms with E-state index in [9.17, 15) is 37.8 Å². The van der Waals surface area contributed by atoms with Crippen LogP contribution in [0.1, 0.15) is 55.4 Å². The average Bonchev–Trinajstić information content (AvgIpc) is 2.69. The van der Waals surface area contributed by atoms with Gasteiger partial charge in [-0.1, -0.05) is 55.4 Å². The van der Waals surface area contributed by atoms with Gasteiger partial charge in [-0.25, -0.2) is 0 Å². The van der Waals surface area contributed by atoms with Crippen molar-refractivity contribution < 1.29 is 59.6 Å². The van der Waals surface area contributed by atoms with Crippen molar-refractivity contribution in [3.05, 3.63) is 0 Å². The molecule has 0 aromatic carbocycles. The number of hydrogen-bond acceptors (Lipinski definition) is 8. The van der Waals surface area contributed by atoms with Crippen LogP contribution in [0.4, 0.5) is 0 Å². The van der Waals surface area contributed by atoms with Crippen molar-refractivity contribution in [2.45, 2.75) is 55.4 Å². The Kier molecular flexibility index (Phi) is 30.0. The molecule has 8 nitrogen and oxygen atoms in total. The molecule has 0 heterocycles. The first kappa shape index (κ1) is 40.8. The summed E-state index contributed by atoms with van der Waals surface area (Å²) in [4.78, 5) is 41.6. The molecule has 13 heteroatoms. The summed E-state index contributed by atoms with van der Waals surface area (Å²) in [5.74, 6) is 0. The Labute approximate surface area is 193 Å². The van der Waals surface area contributed by atoms with Crippen molar-refractivity contribution in [1.82, 2.24) is 0 Å². The number of hydrogen-bond donors (Lipinski definition) is 0. The molecule has 0 aliphatic rings. The van der Waals surface area contributed by atoms with E-state index < -0.39 is 29.5 Å². The van der Waals surface area contributed by atoms with Crippen molar-refractivity contribution in [3.8, 4) is 0 Å². The van der Waals surface area contributed by atoms with Crippen LogP contribution in [0.15, 0.2) is 0 Å². The van der Waals surface area contributed by atoms with Gasteiger partial charge in [-0.15, -0.1) is 0 Å². The first-order valence-corrected chi connectivity index (χ1v) is 17.6. The van der Waals surface area contributed by atoms with Gasteiger partial charge < -0.3 is 37.8 Å². The van der Waals surface area contributed by atoms with E-state index in [2.05, 4.69) is 0 Å². The van der Waals surface area contributed by atoms with Gasteiger partial charge in [0.2, 0.25) is 0 Å². The van der Waals surface area contributed by atoms with Crippen molar-refractivity contribution in [3.63, 3.8) is 0 Å². The zero-order valence-electron chi connectivity index (χ0n) is 19.2. The first-order valence-electron chi connectivity index (χ1n) is 9.65. The van der Waals surface area contributed by atoms with Gasteiger partial charge >= 0.3 is 21.7 Å². The first-order chi connectivity index (χ1) is 12.5. The molecule has 0 radical (unpaired) electrons. The van der Waals surface area contributed by atoms with Crippen molar-refractivity contribution in [2.75, 3.05) is 49.3 Å². The topological polar surface area (TPSA) is 161 Å². The molecule has 0 aromatic rings. The molecule has 0 spiro atoms. The molecule has 176 valence electrons. The summed E-state index contributed by atoms with van der Waals surface area (Å²) in [7, 11) is -11.6. The van der Waals surface area contributed by atoms with Crippen LogP contribution in [0, 0.1) is 0 Å². The standard InChI is InChI=1S/4C4H11O2P.Ti/c4*1-3-7(5,6)4-2;/h4*3-4H2,1-2H3,(H,5,6);/q;;;;+4/p-4.